The summed E-state index contributed by atoms with van der Waals surface area (Å²) in [7, 11) is 0. The Hall–Kier alpha value is -1.35. The maximum atomic E-state index is 11.8. The first-order valence-corrected chi connectivity index (χ1v) is 7.88. The molecule has 1 amide bonds. The summed E-state index contributed by atoms with van der Waals surface area (Å²) in [6.45, 7) is 1.60. The molecule has 0 spiro atoms. The Balaban J connectivity index is 1.57. The van der Waals surface area contributed by atoms with E-state index in [0.29, 0.717) is 12.5 Å². The molecule has 1 aliphatic carbocycles. The zero-order valence-corrected chi connectivity index (χ0v) is 12.2. The molecule has 110 valence electrons. The third-order valence-corrected chi connectivity index (χ3v) is 3.94. The van der Waals surface area contributed by atoms with Crippen LogP contribution in [0.25, 0.3) is 0 Å². The average Bonchev–Trinajstić information content (AvgIpc) is 2.73. The third kappa shape index (κ3) is 5.74. The molecule has 1 fully saturated rings. The van der Waals surface area contributed by atoms with E-state index in [2.05, 4.69) is 10.6 Å². The van der Waals surface area contributed by atoms with E-state index in [4.69, 9.17) is 0 Å². The monoisotopic (exact) mass is 274 g/mol. The largest absolute Gasteiger partial charge is 0.355 e. The van der Waals surface area contributed by atoms with Gasteiger partial charge in [-0.1, -0.05) is 56.0 Å². The maximum absolute atomic E-state index is 11.8. The number of carbonyl (C=O) groups excluding carboxylic acids is 1. The van der Waals surface area contributed by atoms with Crippen molar-refractivity contribution in [3.05, 3.63) is 35.9 Å². The molecule has 1 aromatic rings. The van der Waals surface area contributed by atoms with Gasteiger partial charge in [-0.15, -0.1) is 0 Å². The molecule has 0 saturated heterocycles. The topological polar surface area (TPSA) is 41.1 Å². The Kier molecular flexibility index (Phi) is 6.58. The first-order chi connectivity index (χ1) is 9.84. The van der Waals surface area contributed by atoms with Gasteiger partial charge in [0.15, 0.2) is 0 Å². The highest BCUT2D eigenvalue weighted by Crippen LogP contribution is 2.16. The molecule has 2 rings (SSSR count). The van der Waals surface area contributed by atoms with Crippen molar-refractivity contribution < 1.29 is 4.79 Å². The molecule has 0 unspecified atom stereocenters. The van der Waals surface area contributed by atoms with Crippen LogP contribution in [0.1, 0.15) is 44.1 Å². The molecule has 0 heterocycles. The predicted molar refractivity (Wildman–Crippen MR) is 82.6 cm³/mol. The van der Waals surface area contributed by atoms with Crippen molar-refractivity contribution in [3.63, 3.8) is 0 Å². The summed E-state index contributed by atoms with van der Waals surface area (Å²) in [5.41, 5.74) is 1.07. The van der Waals surface area contributed by atoms with E-state index in [1.54, 1.807) is 0 Å². The minimum atomic E-state index is 0.110. The SMILES string of the molecule is O=C(Cc1ccccc1)NCCNC1CCCCCC1. The van der Waals surface area contributed by atoms with Crippen LogP contribution in [0.15, 0.2) is 30.3 Å². The van der Waals surface area contributed by atoms with Crippen LogP contribution in [-0.4, -0.2) is 25.0 Å². The predicted octanol–water partition coefficient (Wildman–Crippen LogP) is 2.66. The summed E-state index contributed by atoms with van der Waals surface area (Å²) >= 11 is 0. The van der Waals surface area contributed by atoms with Crippen molar-refractivity contribution in [1.29, 1.82) is 0 Å². The molecule has 1 aliphatic rings. The van der Waals surface area contributed by atoms with Gasteiger partial charge in [0.1, 0.15) is 0 Å². The number of rotatable bonds is 6. The summed E-state index contributed by atoms with van der Waals surface area (Å²) in [6.07, 6.45) is 8.51. The van der Waals surface area contributed by atoms with Gasteiger partial charge in [-0.05, 0) is 18.4 Å². The summed E-state index contributed by atoms with van der Waals surface area (Å²) in [6, 6.07) is 10.5. The van der Waals surface area contributed by atoms with Gasteiger partial charge < -0.3 is 10.6 Å². The highest BCUT2D eigenvalue weighted by Gasteiger charge is 2.11. The minimum Gasteiger partial charge on any atom is -0.355 e. The van der Waals surface area contributed by atoms with Crippen LogP contribution in [0, 0.1) is 0 Å². The Morgan fingerprint density at radius 3 is 2.40 bits per heavy atom. The van der Waals surface area contributed by atoms with Gasteiger partial charge in [0.2, 0.25) is 5.91 Å². The van der Waals surface area contributed by atoms with Crippen molar-refractivity contribution in [3.8, 4) is 0 Å². The van der Waals surface area contributed by atoms with E-state index in [9.17, 15) is 4.79 Å². The summed E-state index contributed by atoms with van der Waals surface area (Å²) in [5.74, 6) is 0.110. The smallest absolute Gasteiger partial charge is 0.224 e. The standard InChI is InChI=1S/C17H26N2O/c20-17(14-15-8-4-3-5-9-15)19-13-12-18-16-10-6-1-2-7-11-16/h3-5,8-9,16,18H,1-2,6-7,10-14H2,(H,19,20). The fourth-order valence-electron chi connectivity index (χ4n) is 2.81. The second-order valence-electron chi connectivity index (χ2n) is 5.65. The van der Waals surface area contributed by atoms with Crippen LogP contribution >= 0.6 is 0 Å². The molecular formula is C17H26N2O. The molecule has 0 radical (unpaired) electrons. The molecule has 2 N–H and O–H groups in total. The van der Waals surface area contributed by atoms with Crippen LogP contribution < -0.4 is 10.6 Å². The average molecular weight is 274 g/mol. The molecule has 0 bridgehead atoms. The lowest BCUT2D eigenvalue weighted by Crippen LogP contribution is -2.37. The second-order valence-corrected chi connectivity index (χ2v) is 5.65. The van der Waals surface area contributed by atoms with Crippen LogP contribution in [0.5, 0.6) is 0 Å². The van der Waals surface area contributed by atoms with Gasteiger partial charge in [0, 0.05) is 19.1 Å². The molecule has 0 aromatic heterocycles. The quantitative estimate of drug-likeness (QED) is 0.618. The fraction of sp³-hybridized carbons (Fsp3) is 0.588. The van der Waals surface area contributed by atoms with Crippen molar-refractivity contribution in [2.24, 2.45) is 0 Å². The summed E-state index contributed by atoms with van der Waals surface area (Å²) in [5, 5.41) is 6.55. The number of amides is 1. The summed E-state index contributed by atoms with van der Waals surface area (Å²) < 4.78 is 0. The van der Waals surface area contributed by atoms with Gasteiger partial charge in [-0.3, -0.25) is 4.79 Å². The first-order valence-electron chi connectivity index (χ1n) is 7.88. The van der Waals surface area contributed by atoms with Crippen molar-refractivity contribution >= 4 is 5.91 Å². The van der Waals surface area contributed by atoms with Gasteiger partial charge >= 0.3 is 0 Å². The van der Waals surface area contributed by atoms with Crippen molar-refractivity contribution in [2.75, 3.05) is 13.1 Å². The lowest BCUT2D eigenvalue weighted by atomic mass is 10.1. The number of hydrogen-bond acceptors (Lipinski definition) is 2. The van der Waals surface area contributed by atoms with Crippen molar-refractivity contribution in [1.82, 2.24) is 10.6 Å². The van der Waals surface area contributed by atoms with Crippen molar-refractivity contribution in [2.45, 2.75) is 51.0 Å². The van der Waals surface area contributed by atoms with E-state index in [1.807, 2.05) is 30.3 Å². The van der Waals surface area contributed by atoms with E-state index < -0.39 is 0 Å². The van der Waals surface area contributed by atoms with Crippen LogP contribution in [-0.2, 0) is 11.2 Å². The minimum absolute atomic E-state index is 0.110. The van der Waals surface area contributed by atoms with Gasteiger partial charge in [-0.25, -0.2) is 0 Å². The molecule has 20 heavy (non-hydrogen) atoms. The number of benzene rings is 1. The molecule has 0 aliphatic heterocycles. The Labute approximate surface area is 122 Å². The van der Waals surface area contributed by atoms with Gasteiger partial charge in [0.25, 0.3) is 0 Å². The lowest BCUT2D eigenvalue weighted by Gasteiger charge is -2.16. The number of nitrogens with one attached hydrogen (secondary N) is 2. The van der Waals surface area contributed by atoms with E-state index in [-0.39, 0.29) is 5.91 Å². The van der Waals surface area contributed by atoms with E-state index in [0.717, 1.165) is 18.7 Å². The molecule has 1 saturated carbocycles. The maximum Gasteiger partial charge on any atom is 0.224 e. The zero-order chi connectivity index (χ0) is 14.0. The number of hydrogen-bond donors (Lipinski definition) is 2. The Bertz CT molecular complexity index is 383. The zero-order valence-electron chi connectivity index (χ0n) is 12.2. The second kappa shape index (κ2) is 8.75. The van der Waals surface area contributed by atoms with Crippen LogP contribution in [0.3, 0.4) is 0 Å². The van der Waals surface area contributed by atoms with Crippen LogP contribution in [0.4, 0.5) is 0 Å². The first kappa shape index (κ1) is 15.0. The molecule has 0 atom stereocenters. The molecule has 3 heteroatoms. The molecular weight excluding hydrogens is 248 g/mol. The fourth-order valence-corrected chi connectivity index (χ4v) is 2.81. The normalized spacial score (nSPS) is 16.6. The van der Waals surface area contributed by atoms with Gasteiger partial charge in [-0.2, -0.15) is 0 Å². The number of carbonyl (C=O) groups is 1. The lowest BCUT2D eigenvalue weighted by molar-refractivity contribution is -0.120. The van der Waals surface area contributed by atoms with E-state index in [1.165, 1.54) is 38.5 Å². The summed E-state index contributed by atoms with van der Waals surface area (Å²) in [4.78, 5) is 11.8. The molecule has 3 nitrogen and oxygen atoms in total. The van der Waals surface area contributed by atoms with Gasteiger partial charge in [0.05, 0.1) is 6.42 Å². The molecule has 1 aromatic carbocycles. The van der Waals surface area contributed by atoms with E-state index >= 15 is 0 Å². The highest BCUT2D eigenvalue weighted by molar-refractivity contribution is 5.78. The third-order valence-electron chi connectivity index (χ3n) is 3.94. The Morgan fingerprint density at radius 1 is 1.00 bits per heavy atom. The Morgan fingerprint density at radius 2 is 1.70 bits per heavy atom. The van der Waals surface area contributed by atoms with Crippen LogP contribution in [0.2, 0.25) is 0 Å². The highest BCUT2D eigenvalue weighted by atomic mass is 16.1.